The molecule has 1 aromatic heterocycles. The van der Waals surface area contributed by atoms with E-state index < -0.39 is 0 Å². The number of hydrogen-bond donors (Lipinski definition) is 0. The van der Waals surface area contributed by atoms with Crippen molar-refractivity contribution in [2.24, 2.45) is 0 Å². The minimum Gasteiger partial charge on any atom is -0.464 e. The van der Waals surface area contributed by atoms with E-state index in [9.17, 15) is 9.59 Å². The van der Waals surface area contributed by atoms with Crippen LogP contribution in [0.2, 0.25) is 0 Å². The van der Waals surface area contributed by atoms with Crippen molar-refractivity contribution in [3.8, 4) is 0 Å². The molecule has 29 heavy (non-hydrogen) atoms. The van der Waals surface area contributed by atoms with Crippen molar-refractivity contribution in [3.63, 3.8) is 0 Å². The van der Waals surface area contributed by atoms with Crippen molar-refractivity contribution < 1.29 is 18.7 Å². The summed E-state index contributed by atoms with van der Waals surface area (Å²) >= 11 is 0. The zero-order chi connectivity index (χ0) is 20.6. The Hall–Kier alpha value is -2.60. The molecule has 0 spiro atoms. The summed E-state index contributed by atoms with van der Waals surface area (Å²) in [5, 5.41) is 0. The normalized spacial score (nSPS) is 16.0. The molecule has 1 aromatic carbocycles. The van der Waals surface area contributed by atoms with Gasteiger partial charge >= 0.3 is 0 Å². The Morgan fingerprint density at radius 3 is 2.52 bits per heavy atom. The number of amides is 2. The number of hydrogen-bond acceptors (Lipinski definition) is 4. The highest BCUT2D eigenvalue weighted by Gasteiger charge is 2.25. The van der Waals surface area contributed by atoms with Gasteiger partial charge in [0.25, 0.3) is 0 Å². The van der Waals surface area contributed by atoms with Gasteiger partial charge in [-0.3, -0.25) is 9.59 Å². The lowest BCUT2D eigenvalue weighted by molar-refractivity contribution is -0.141. The van der Waals surface area contributed by atoms with E-state index in [4.69, 9.17) is 9.15 Å². The first-order valence-corrected chi connectivity index (χ1v) is 10.3. The molecule has 2 heterocycles. The van der Waals surface area contributed by atoms with Gasteiger partial charge in [-0.1, -0.05) is 30.3 Å². The summed E-state index contributed by atoms with van der Waals surface area (Å²) in [5.41, 5.74) is 1.17. The average molecular weight is 399 g/mol. The minimum atomic E-state index is -0.106. The minimum absolute atomic E-state index is 0.0252. The van der Waals surface area contributed by atoms with Gasteiger partial charge in [-0.15, -0.1) is 0 Å². The van der Waals surface area contributed by atoms with Gasteiger partial charge in [0.2, 0.25) is 11.8 Å². The first kappa shape index (κ1) is 21.1. The van der Waals surface area contributed by atoms with Crippen LogP contribution in [0, 0.1) is 6.92 Å². The third-order valence-corrected chi connectivity index (χ3v) is 5.23. The van der Waals surface area contributed by atoms with Crippen LogP contribution in [0.25, 0.3) is 0 Å². The average Bonchev–Trinajstić information content (AvgIpc) is 3.36. The largest absolute Gasteiger partial charge is 0.464 e. The highest BCUT2D eigenvalue weighted by atomic mass is 16.5. The zero-order valence-corrected chi connectivity index (χ0v) is 17.3. The topological polar surface area (TPSA) is 63.0 Å². The third kappa shape index (κ3) is 6.46. The fourth-order valence-electron chi connectivity index (χ4n) is 3.56. The van der Waals surface area contributed by atoms with E-state index in [1.165, 1.54) is 12.5 Å². The molecule has 1 fully saturated rings. The van der Waals surface area contributed by atoms with E-state index in [0.29, 0.717) is 19.6 Å². The monoisotopic (exact) mass is 398 g/mol. The van der Waals surface area contributed by atoms with Crippen LogP contribution in [0.4, 0.5) is 0 Å². The van der Waals surface area contributed by atoms with Crippen LogP contribution in [0.1, 0.15) is 36.8 Å². The molecule has 3 rings (SSSR count). The lowest BCUT2D eigenvalue weighted by atomic mass is 10.1. The third-order valence-electron chi connectivity index (χ3n) is 5.23. The molecule has 0 unspecified atom stereocenters. The predicted octanol–water partition coefficient (Wildman–Crippen LogP) is 3.19. The van der Waals surface area contributed by atoms with E-state index in [1.54, 1.807) is 9.80 Å². The fraction of sp³-hybridized carbons (Fsp3) is 0.478. The van der Waals surface area contributed by atoms with Crippen molar-refractivity contribution in [3.05, 3.63) is 59.5 Å². The van der Waals surface area contributed by atoms with Crippen LogP contribution < -0.4 is 0 Å². The van der Waals surface area contributed by atoms with Crippen LogP contribution in [0.15, 0.2) is 46.9 Å². The summed E-state index contributed by atoms with van der Waals surface area (Å²) in [6.07, 6.45) is 2.71. The maximum absolute atomic E-state index is 13.1. The number of benzene rings is 1. The van der Waals surface area contributed by atoms with Crippen LogP contribution in [-0.4, -0.2) is 54.0 Å². The summed E-state index contributed by atoms with van der Waals surface area (Å²) in [4.78, 5) is 28.6. The molecular weight excluding hydrogens is 368 g/mol. The Morgan fingerprint density at radius 2 is 1.90 bits per heavy atom. The van der Waals surface area contributed by atoms with E-state index in [2.05, 4.69) is 12.1 Å². The molecule has 0 radical (unpaired) electrons. The highest BCUT2D eigenvalue weighted by molar-refractivity contribution is 5.83. The molecule has 1 atom stereocenters. The van der Waals surface area contributed by atoms with Crippen molar-refractivity contribution in [1.82, 2.24) is 9.80 Å². The molecule has 6 heteroatoms. The van der Waals surface area contributed by atoms with Crippen LogP contribution in [0.5, 0.6) is 0 Å². The van der Waals surface area contributed by atoms with Crippen molar-refractivity contribution in [2.45, 2.75) is 45.8 Å². The standard InChI is InChI=1S/C23H30N2O4/c1-18-10-11-22(29-18)16-24(13-12-20-7-4-3-5-8-20)23(27)17-25(19(2)26)15-21-9-6-14-28-21/h3-5,7-8,10-11,21H,6,9,12-17H2,1-2H3/t21-/m0/s1. The molecule has 2 amide bonds. The second-order valence-corrected chi connectivity index (χ2v) is 7.60. The van der Waals surface area contributed by atoms with Crippen molar-refractivity contribution >= 4 is 11.8 Å². The van der Waals surface area contributed by atoms with Crippen molar-refractivity contribution in [2.75, 3.05) is 26.2 Å². The lowest BCUT2D eigenvalue weighted by Gasteiger charge is -2.28. The van der Waals surface area contributed by atoms with Gasteiger partial charge in [-0.2, -0.15) is 0 Å². The van der Waals surface area contributed by atoms with Gasteiger partial charge in [0, 0.05) is 26.6 Å². The number of furan rings is 1. The van der Waals surface area contributed by atoms with E-state index >= 15 is 0 Å². The van der Waals surface area contributed by atoms with E-state index in [1.807, 2.05) is 37.3 Å². The molecule has 0 bridgehead atoms. The predicted molar refractivity (Wildman–Crippen MR) is 110 cm³/mol. The fourth-order valence-corrected chi connectivity index (χ4v) is 3.56. The summed E-state index contributed by atoms with van der Waals surface area (Å²) in [6.45, 7) is 5.60. The Balaban J connectivity index is 1.66. The number of carbonyl (C=O) groups is 2. The molecule has 2 aromatic rings. The SMILES string of the molecule is CC(=O)N(CC(=O)N(CCc1ccccc1)Cc1ccc(C)o1)C[C@@H]1CCCO1. The summed E-state index contributed by atoms with van der Waals surface area (Å²) in [7, 11) is 0. The Morgan fingerprint density at radius 1 is 1.10 bits per heavy atom. The first-order chi connectivity index (χ1) is 14.0. The molecule has 6 nitrogen and oxygen atoms in total. The molecule has 1 aliphatic rings. The Labute approximate surface area is 172 Å². The quantitative estimate of drug-likeness (QED) is 0.651. The summed E-state index contributed by atoms with van der Waals surface area (Å²) in [6, 6.07) is 13.9. The number of carbonyl (C=O) groups excluding carboxylic acids is 2. The van der Waals surface area contributed by atoms with Gasteiger partial charge in [0.15, 0.2) is 0 Å². The van der Waals surface area contributed by atoms with E-state index in [0.717, 1.165) is 37.4 Å². The lowest BCUT2D eigenvalue weighted by Crippen LogP contribution is -2.45. The molecule has 1 saturated heterocycles. The molecule has 0 aliphatic carbocycles. The molecule has 156 valence electrons. The van der Waals surface area contributed by atoms with Crippen molar-refractivity contribution in [1.29, 1.82) is 0 Å². The molecule has 0 saturated carbocycles. The maximum atomic E-state index is 13.1. The number of aryl methyl sites for hydroxylation is 1. The number of nitrogens with zero attached hydrogens (tertiary/aromatic N) is 2. The molecule has 0 N–H and O–H groups in total. The second kappa shape index (κ2) is 10.3. The van der Waals surface area contributed by atoms with Gasteiger partial charge in [0.05, 0.1) is 19.2 Å². The van der Waals surface area contributed by atoms with Gasteiger partial charge in [0.1, 0.15) is 11.5 Å². The summed E-state index contributed by atoms with van der Waals surface area (Å²) in [5.74, 6) is 1.38. The first-order valence-electron chi connectivity index (χ1n) is 10.3. The van der Waals surface area contributed by atoms with Gasteiger partial charge in [-0.25, -0.2) is 0 Å². The summed E-state index contributed by atoms with van der Waals surface area (Å²) < 4.78 is 11.3. The maximum Gasteiger partial charge on any atom is 0.242 e. The van der Waals surface area contributed by atoms with Crippen LogP contribution >= 0.6 is 0 Å². The Bertz CT molecular complexity index is 796. The van der Waals surface area contributed by atoms with Gasteiger partial charge in [-0.05, 0) is 43.9 Å². The van der Waals surface area contributed by atoms with Crippen LogP contribution in [0.3, 0.4) is 0 Å². The zero-order valence-electron chi connectivity index (χ0n) is 17.3. The number of ether oxygens (including phenoxy) is 1. The highest BCUT2D eigenvalue weighted by Crippen LogP contribution is 2.15. The smallest absolute Gasteiger partial charge is 0.242 e. The molecular formula is C23H30N2O4. The van der Waals surface area contributed by atoms with Gasteiger partial charge < -0.3 is 19.0 Å². The van der Waals surface area contributed by atoms with E-state index in [-0.39, 0.29) is 24.5 Å². The number of rotatable bonds is 9. The molecule has 1 aliphatic heterocycles. The van der Waals surface area contributed by atoms with Crippen LogP contribution in [-0.2, 0) is 27.3 Å². The second-order valence-electron chi connectivity index (χ2n) is 7.60. The Kier molecular flexibility index (Phi) is 7.47.